The van der Waals surface area contributed by atoms with E-state index >= 15 is 0 Å². The summed E-state index contributed by atoms with van der Waals surface area (Å²) in [6.07, 6.45) is 1.72. The smallest absolute Gasteiger partial charge is 0.317 e. The lowest BCUT2D eigenvalue weighted by molar-refractivity contribution is -0.148. The van der Waals surface area contributed by atoms with Crippen LogP contribution in [0.5, 0.6) is 0 Å². The predicted octanol–water partition coefficient (Wildman–Crippen LogP) is -0.524. The van der Waals surface area contributed by atoms with E-state index in [2.05, 4.69) is 20.2 Å². The number of nitrogens with two attached hydrogens (primary N) is 1. The second kappa shape index (κ2) is 3.56. The number of carboxylic acids is 2. The molecule has 10 heteroatoms. The van der Waals surface area contributed by atoms with Crippen molar-refractivity contribution in [1.82, 2.24) is 15.2 Å². The molecule has 2 heterocycles. The molecule has 0 aromatic carbocycles. The molecule has 110 valence electrons. The second-order valence-corrected chi connectivity index (χ2v) is 6.77. The molecule has 9 nitrogen and oxygen atoms in total. The Morgan fingerprint density at radius 3 is 2.71 bits per heavy atom. The minimum atomic E-state index is -1.17. The molecule has 2 saturated carbocycles. The van der Waals surface area contributed by atoms with Gasteiger partial charge in [-0.3, -0.25) is 14.6 Å². The fourth-order valence-electron chi connectivity index (χ4n) is 3.89. The molecule has 0 saturated heterocycles. The van der Waals surface area contributed by atoms with E-state index in [1.54, 1.807) is 0 Å². The van der Waals surface area contributed by atoms with E-state index in [0.717, 1.165) is 0 Å². The molecule has 5 atom stereocenters. The van der Waals surface area contributed by atoms with Crippen LogP contribution in [0.25, 0.3) is 0 Å². The third-order valence-electron chi connectivity index (χ3n) is 4.76. The molecule has 1 aromatic rings. The van der Waals surface area contributed by atoms with E-state index in [9.17, 15) is 19.8 Å². The van der Waals surface area contributed by atoms with Crippen LogP contribution in [0, 0.1) is 17.3 Å². The zero-order chi connectivity index (χ0) is 15.0. The van der Waals surface area contributed by atoms with Gasteiger partial charge in [0.15, 0.2) is 0 Å². The molecule has 0 radical (unpaired) electrons. The fourth-order valence-corrected chi connectivity index (χ4v) is 5.26. The number of nitrogens with one attached hydrogen (secondary N) is 1. The number of rotatable bonds is 4. The molecular weight excluding hydrogens is 298 g/mol. The quantitative estimate of drug-likeness (QED) is 0.579. The van der Waals surface area contributed by atoms with Crippen molar-refractivity contribution in [2.45, 2.75) is 22.4 Å². The molecular formula is C11H11N5O4S. The lowest BCUT2D eigenvalue weighted by atomic mass is 9.73. The first kappa shape index (κ1) is 12.6. The van der Waals surface area contributed by atoms with Gasteiger partial charge in [-0.05, 0) is 6.42 Å². The number of thioether (sulfide) groups is 1. The molecule has 21 heavy (non-hydrogen) atoms. The summed E-state index contributed by atoms with van der Waals surface area (Å²) < 4.78 is 0. The Morgan fingerprint density at radius 2 is 2.24 bits per heavy atom. The summed E-state index contributed by atoms with van der Waals surface area (Å²) in [7, 11) is 0. The number of aliphatic imine (C=N–C) groups is 1. The number of carbonyl (C=O) groups is 2. The SMILES string of the molecule is Nc1nc(SC2CC3(C(=O)O)C=NC34C(C(=O)O)C24)n[nH]1. The number of nitrogen functional groups attached to an aromatic ring is 1. The van der Waals surface area contributed by atoms with Crippen LogP contribution in [-0.4, -0.2) is 54.3 Å². The summed E-state index contributed by atoms with van der Waals surface area (Å²) in [5.74, 6) is -2.89. The van der Waals surface area contributed by atoms with E-state index in [-0.39, 0.29) is 17.1 Å². The maximum Gasteiger partial charge on any atom is 0.317 e. The first-order chi connectivity index (χ1) is 9.92. The number of aromatic amines is 1. The summed E-state index contributed by atoms with van der Waals surface area (Å²) in [6.45, 7) is 0. The van der Waals surface area contributed by atoms with Gasteiger partial charge in [0.2, 0.25) is 11.1 Å². The van der Waals surface area contributed by atoms with Crippen molar-refractivity contribution in [1.29, 1.82) is 0 Å². The summed E-state index contributed by atoms with van der Waals surface area (Å²) in [6, 6.07) is 0. The fraction of sp³-hybridized carbons (Fsp3) is 0.545. The second-order valence-electron chi connectivity index (χ2n) is 5.57. The topological polar surface area (TPSA) is 155 Å². The van der Waals surface area contributed by atoms with Crippen molar-refractivity contribution in [2.75, 3.05) is 5.73 Å². The van der Waals surface area contributed by atoms with Crippen LogP contribution in [0.1, 0.15) is 6.42 Å². The van der Waals surface area contributed by atoms with Gasteiger partial charge in [0.1, 0.15) is 11.0 Å². The van der Waals surface area contributed by atoms with Gasteiger partial charge < -0.3 is 15.9 Å². The van der Waals surface area contributed by atoms with Gasteiger partial charge in [-0.15, -0.1) is 5.10 Å². The average Bonchev–Trinajstić information content (AvgIpc) is 2.92. The number of nitrogens with zero attached hydrogens (tertiary/aromatic N) is 3. The number of hydrogen-bond acceptors (Lipinski definition) is 7. The molecule has 0 bridgehead atoms. The molecule has 1 aromatic heterocycles. The van der Waals surface area contributed by atoms with Gasteiger partial charge in [-0.1, -0.05) is 11.8 Å². The predicted molar refractivity (Wildman–Crippen MR) is 71.0 cm³/mol. The molecule has 1 aliphatic heterocycles. The van der Waals surface area contributed by atoms with Crippen LogP contribution < -0.4 is 5.73 Å². The normalized spacial score (nSPS) is 42.0. The van der Waals surface area contributed by atoms with E-state index in [1.807, 2.05) is 0 Å². The van der Waals surface area contributed by atoms with Crippen molar-refractivity contribution in [2.24, 2.45) is 22.2 Å². The lowest BCUT2D eigenvalue weighted by Crippen LogP contribution is -2.52. The standard InChI is InChI=1S/C11H11N5O4S/c12-8-14-9(16-15-8)21-3-1-10(7(19)20)2-13-11(10)4(3)5(11)6(17)18/h2-5H,1H2,(H,17,18)(H,19,20)(H3,12,14,15,16). The Balaban J connectivity index is 1.67. The number of aliphatic carboxylic acids is 2. The van der Waals surface area contributed by atoms with Crippen LogP contribution in [0.15, 0.2) is 10.1 Å². The van der Waals surface area contributed by atoms with Crippen molar-refractivity contribution in [3.8, 4) is 0 Å². The summed E-state index contributed by atoms with van der Waals surface area (Å²) >= 11 is 1.26. The van der Waals surface area contributed by atoms with E-state index in [0.29, 0.717) is 11.6 Å². The third kappa shape index (κ3) is 1.26. The lowest BCUT2D eigenvalue weighted by Gasteiger charge is -2.37. The van der Waals surface area contributed by atoms with Gasteiger partial charge in [-0.25, -0.2) is 5.10 Å². The molecule has 1 spiro atoms. The highest BCUT2D eigenvalue weighted by atomic mass is 32.2. The molecule has 4 rings (SSSR count). The van der Waals surface area contributed by atoms with E-state index < -0.39 is 28.8 Å². The van der Waals surface area contributed by atoms with Gasteiger partial charge in [-0.2, -0.15) is 4.98 Å². The molecule has 5 unspecified atom stereocenters. The van der Waals surface area contributed by atoms with Crippen molar-refractivity contribution in [3.05, 3.63) is 0 Å². The summed E-state index contributed by atoms with van der Waals surface area (Å²) in [5.41, 5.74) is 3.31. The van der Waals surface area contributed by atoms with Crippen LogP contribution >= 0.6 is 11.8 Å². The third-order valence-corrected chi connectivity index (χ3v) is 5.91. The number of carboxylic acid groups (broad SMARTS) is 2. The van der Waals surface area contributed by atoms with Gasteiger partial charge in [0.05, 0.1) is 5.92 Å². The van der Waals surface area contributed by atoms with Gasteiger partial charge >= 0.3 is 11.9 Å². The molecule has 5 N–H and O–H groups in total. The Hall–Kier alpha value is -2.10. The number of anilines is 1. The Morgan fingerprint density at radius 1 is 1.48 bits per heavy atom. The summed E-state index contributed by atoms with van der Waals surface area (Å²) in [4.78, 5) is 31.2. The van der Waals surface area contributed by atoms with E-state index in [4.69, 9.17) is 5.73 Å². The first-order valence-electron chi connectivity index (χ1n) is 6.29. The van der Waals surface area contributed by atoms with Gasteiger partial charge in [0.25, 0.3) is 0 Å². The maximum absolute atomic E-state index is 11.6. The zero-order valence-corrected chi connectivity index (χ0v) is 11.4. The molecule has 0 amide bonds. The number of aromatic nitrogens is 3. The summed E-state index contributed by atoms with van der Waals surface area (Å²) in [5, 5.41) is 25.4. The highest BCUT2D eigenvalue weighted by Crippen LogP contribution is 2.77. The number of H-pyrrole nitrogens is 1. The highest BCUT2D eigenvalue weighted by Gasteiger charge is 2.89. The molecule has 3 aliphatic rings. The Labute approximate surface area is 122 Å². The first-order valence-corrected chi connectivity index (χ1v) is 7.17. The average molecular weight is 309 g/mol. The van der Waals surface area contributed by atoms with Crippen molar-refractivity contribution in [3.63, 3.8) is 0 Å². The van der Waals surface area contributed by atoms with Gasteiger partial charge in [0, 0.05) is 17.4 Å². The monoisotopic (exact) mass is 309 g/mol. The van der Waals surface area contributed by atoms with Crippen molar-refractivity contribution < 1.29 is 19.8 Å². The largest absolute Gasteiger partial charge is 0.481 e. The van der Waals surface area contributed by atoms with E-state index in [1.165, 1.54) is 18.0 Å². The molecule has 2 aliphatic carbocycles. The Bertz CT molecular complexity index is 705. The zero-order valence-electron chi connectivity index (χ0n) is 10.6. The minimum Gasteiger partial charge on any atom is -0.481 e. The van der Waals surface area contributed by atoms with Crippen LogP contribution in [0.2, 0.25) is 0 Å². The molecule has 2 fully saturated rings. The van der Waals surface area contributed by atoms with Crippen molar-refractivity contribution >= 4 is 35.9 Å². The maximum atomic E-state index is 11.6. The Kier molecular flexibility index (Phi) is 2.14. The van der Waals surface area contributed by atoms with Crippen LogP contribution in [0.4, 0.5) is 5.95 Å². The van der Waals surface area contributed by atoms with Crippen LogP contribution in [0.3, 0.4) is 0 Å². The van der Waals surface area contributed by atoms with Crippen LogP contribution in [-0.2, 0) is 9.59 Å². The number of hydrogen-bond donors (Lipinski definition) is 4. The highest BCUT2D eigenvalue weighted by molar-refractivity contribution is 7.99. The minimum absolute atomic E-state index is 0.169.